The first-order valence-corrected chi connectivity index (χ1v) is 8.61. The zero-order valence-corrected chi connectivity index (χ0v) is 15.2. The molecule has 3 rings (SSSR count). The van der Waals surface area contributed by atoms with Crippen LogP contribution in [-0.2, 0) is 6.54 Å². The minimum Gasteiger partial charge on any atom is -0.493 e. The van der Waals surface area contributed by atoms with Crippen LogP contribution in [0, 0.1) is 5.82 Å². The predicted molar refractivity (Wildman–Crippen MR) is 99.4 cm³/mol. The molecule has 0 fully saturated rings. The monoisotopic (exact) mass is 372 g/mol. The number of aromatic nitrogens is 1. The second-order valence-corrected chi connectivity index (χ2v) is 6.34. The van der Waals surface area contributed by atoms with Crippen LogP contribution in [0.3, 0.4) is 0 Å². The van der Waals surface area contributed by atoms with Gasteiger partial charge in [0.15, 0.2) is 16.3 Å². The van der Waals surface area contributed by atoms with Gasteiger partial charge < -0.3 is 14.0 Å². The van der Waals surface area contributed by atoms with Gasteiger partial charge in [0.1, 0.15) is 5.82 Å². The number of benzene rings is 2. The Morgan fingerprint density at radius 1 is 1.27 bits per heavy atom. The van der Waals surface area contributed by atoms with E-state index in [-0.39, 0.29) is 11.4 Å². The number of ether oxygens (including phenoxy) is 2. The van der Waals surface area contributed by atoms with Gasteiger partial charge in [-0.1, -0.05) is 29.5 Å². The van der Waals surface area contributed by atoms with E-state index in [9.17, 15) is 9.18 Å². The third-order valence-corrected chi connectivity index (χ3v) is 4.84. The molecular weight excluding hydrogens is 355 g/mol. The lowest BCUT2D eigenvalue weighted by Gasteiger charge is -2.09. The first-order valence-electron chi connectivity index (χ1n) is 7.79. The summed E-state index contributed by atoms with van der Waals surface area (Å²) in [6.45, 7) is 4.03. The number of nitrogens with zero attached hydrogens (tertiary/aromatic N) is 2. The van der Waals surface area contributed by atoms with Crippen molar-refractivity contribution in [1.82, 2.24) is 4.57 Å². The number of halogens is 1. The minimum atomic E-state index is -0.495. The highest BCUT2D eigenvalue weighted by Crippen LogP contribution is 2.31. The van der Waals surface area contributed by atoms with E-state index in [1.807, 2.05) is 0 Å². The molecule has 0 aliphatic rings. The first kappa shape index (κ1) is 17.9. The van der Waals surface area contributed by atoms with Crippen LogP contribution in [0.15, 0.2) is 54.0 Å². The van der Waals surface area contributed by atoms with Crippen molar-refractivity contribution < 1.29 is 18.7 Å². The standard InChI is InChI=1S/C19H17FN2O3S/c1-4-11-22-16-13(20)8-6-10-15(16)26-19(22)21-18(23)12-7-5-9-14(24-2)17(12)25-3/h4-10H,1,11H2,2-3H3. The zero-order valence-electron chi connectivity index (χ0n) is 14.4. The van der Waals surface area contributed by atoms with Crippen LogP contribution in [-0.4, -0.2) is 24.7 Å². The number of carbonyl (C=O) groups is 1. The maximum atomic E-state index is 14.2. The van der Waals surface area contributed by atoms with Crippen molar-refractivity contribution in [2.75, 3.05) is 14.2 Å². The third-order valence-electron chi connectivity index (χ3n) is 3.79. The van der Waals surface area contributed by atoms with E-state index in [1.165, 1.54) is 31.6 Å². The van der Waals surface area contributed by atoms with Gasteiger partial charge >= 0.3 is 0 Å². The molecule has 0 aliphatic heterocycles. The van der Waals surface area contributed by atoms with Gasteiger partial charge in [0, 0.05) is 6.54 Å². The lowest BCUT2D eigenvalue weighted by atomic mass is 10.2. The number of methoxy groups -OCH3 is 2. The fourth-order valence-electron chi connectivity index (χ4n) is 2.67. The van der Waals surface area contributed by atoms with Crippen molar-refractivity contribution >= 4 is 27.5 Å². The van der Waals surface area contributed by atoms with Gasteiger partial charge in [-0.15, -0.1) is 6.58 Å². The maximum absolute atomic E-state index is 14.2. The van der Waals surface area contributed by atoms with E-state index in [0.717, 1.165) is 0 Å². The topological polar surface area (TPSA) is 52.8 Å². The molecule has 2 aromatic carbocycles. The molecule has 0 atom stereocenters. The number of carbonyl (C=O) groups excluding carboxylic acids is 1. The second-order valence-electron chi connectivity index (χ2n) is 5.33. The summed E-state index contributed by atoms with van der Waals surface area (Å²) in [7, 11) is 2.96. The molecule has 1 amide bonds. The number of rotatable bonds is 5. The number of thiazole rings is 1. The van der Waals surface area contributed by atoms with Crippen molar-refractivity contribution in [1.29, 1.82) is 0 Å². The molecule has 0 bridgehead atoms. The Kier molecular flexibility index (Phi) is 5.18. The Morgan fingerprint density at radius 2 is 2.04 bits per heavy atom. The van der Waals surface area contributed by atoms with Gasteiger partial charge in [0.05, 0.1) is 30.0 Å². The van der Waals surface area contributed by atoms with Crippen LogP contribution in [0.4, 0.5) is 4.39 Å². The molecule has 0 aliphatic carbocycles. The van der Waals surface area contributed by atoms with E-state index in [0.29, 0.717) is 33.1 Å². The van der Waals surface area contributed by atoms with Gasteiger partial charge in [0.25, 0.3) is 5.91 Å². The van der Waals surface area contributed by atoms with Crippen LogP contribution in [0.2, 0.25) is 0 Å². The van der Waals surface area contributed by atoms with E-state index >= 15 is 0 Å². The molecule has 26 heavy (non-hydrogen) atoms. The third kappa shape index (κ3) is 3.13. The highest BCUT2D eigenvalue weighted by atomic mass is 32.1. The smallest absolute Gasteiger partial charge is 0.283 e. The van der Waals surface area contributed by atoms with Crippen LogP contribution in [0.25, 0.3) is 10.2 Å². The molecule has 5 nitrogen and oxygen atoms in total. The van der Waals surface area contributed by atoms with Crippen molar-refractivity contribution in [3.63, 3.8) is 0 Å². The van der Waals surface area contributed by atoms with Crippen molar-refractivity contribution in [2.24, 2.45) is 4.99 Å². The predicted octanol–water partition coefficient (Wildman–Crippen LogP) is 3.79. The highest BCUT2D eigenvalue weighted by Gasteiger charge is 2.17. The van der Waals surface area contributed by atoms with Crippen LogP contribution in [0.1, 0.15) is 10.4 Å². The molecular formula is C19H17FN2O3S. The minimum absolute atomic E-state index is 0.273. The fourth-order valence-corrected chi connectivity index (χ4v) is 3.73. The van der Waals surface area contributed by atoms with Gasteiger partial charge in [-0.3, -0.25) is 4.79 Å². The largest absolute Gasteiger partial charge is 0.493 e. The van der Waals surface area contributed by atoms with E-state index < -0.39 is 5.91 Å². The molecule has 0 radical (unpaired) electrons. The first-order chi connectivity index (χ1) is 12.6. The average Bonchev–Trinajstić information content (AvgIpc) is 2.99. The van der Waals surface area contributed by atoms with Gasteiger partial charge in [-0.05, 0) is 24.3 Å². The Morgan fingerprint density at radius 3 is 2.73 bits per heavy atom. The maximum Gasteiger partial charge on any atom is 0.283 e. The second kappa shape index (κ2) is 7.53. The average molecular weight is 372 g/mol. The number of para-hydroxylation sites is 2. The van der Waals surface area contributed by atoms with Crippen LogP contribution < -0.4 is 14.3 Å². The van der Waals surface area contributed by atoms with Gasteiger partial charge in [-0.2, -0.15) is 4.99 Å². The van der Waals surface area contributed by atoms with Crippen molar-refractivity contribution in [3.8, 4) is 11.5 Å². The van der Waals surface area contributed by atoms with E-state index in [4.69, 9.17) is 9.47 Å². The molecule has 134 valence electrons. The van der Waals surface area contributed by atoms with Crippen molar-refractivity contribution in [2.45, 2.75) is 6.54 Å². The lowest BCUT2D eigenvalue weighted by molar-refractivity contribution is 0.0994. The quantitative estimate of drug-likeness (QED) is 0.641. The summed E-state index contributed by atoms with van der Waals surface area (Å²) in [5.74, 6) is -0.111. The summed E-state index contributed by atoms with van der Waals surface area (Å²) in [6.07, 6.45) is 1.63. The van der Waals surface area contributed by atoms with Crippen LogP contribution >= 0.6 is 11.3 Å². The molecule has 0 saturated heterocycles. The normalized spacial score (nSPS) is 11.6. The van der Waals surface area contributed by atoms with E-state index in [2.05, 4.69) is 11.6 Å². The fraction of sp³-hybridized carbons (Fsp3) is 0.158. The van der Waals surface area contributed by atoms with Gasteiger partial charge in [-0.25, -0.2) is 4.39 Å². The number of fused-ring (bicyclic) bond motifs is 1. The van der Waals surface area contributed by atoms with Gasteiger partial charge in [0.2, 0.25) is 0 Å². The summed E-state index contributed by atoms with van der Waals surface area (Å²) in [5, 5.41) is 0. The Hall–Kier alpha value is -2.93. The summed E-state index contributed by atoms with van der Waals surface area (Å²) in [4.78, 5) is 17.3. The summed E-state index contributed by atoms with van der Waals surface area (Å²) < 4.78 is 27.1. The molecule has 0 unspecified atom stereocenters. The number of amides is 1. The molecule has 0 saturated carbocycles. The SMILES string of the molecule is C=CCn1c(=NC(=O)c2cccc(OC)c2OC)sc2cccc(F)c21. The Balaban J connectivity index is 2.19. The summed E-state index contributed by atoms with van der Waals surface area (Å²) >= 11 is 1.24. The molecule has 7 heteroatoms. The summed E-state index contributed by atoms with van der Waals surface area (Å²) in [6, 6.07) is 9.79. The Labute approximate surface area is 153 Å². The molecule has 0 N–H and O–H groups in total. The molecule has 0 spiro atoms. The van der Waals surface area contributed by atoms with Crippen LogP contribution in [0.5, 0.6) is 11.5 Å². The molecule has 1 aromatic heterocycles. The zero-order chi connectivity index (χ0) is 18.7. The number of allylic oxidation sites excluding steroid dienone is 1. The molecule has 3 aromatic rings. The number of hydrogen-bond donors (Lipinski definition) is 0. The van der Waals surface area contributed by atoms with E-state index in [1.54, 1.807) is 41.0 Å². The highest BCUT2D eigenvalue weighted by molar-refractivity contribution is 7.16. The molecule has 1 heterocycles. The van der Waals surface area contributed by atoms with Crippen molar-refractivity contribution in [3.05, 3.63) is 65.2 Å². The summed E-state index contributed by atoms with van der Waals surface area (Å²) in [5.41, 5.74) is 0.677. The lowest BCUT2D eigenvalue weighted by Crippen LogP contribution is -2.17. The number of hydrogen-bond acceptors (Lipinski definition) is 4. The Bertz CT molecular complexity index is 1050.